The normalized spacial score (nSPS) is 13.8. The molecule has 162 valence electrons. The number of carbonyl (C=O) groups is 2. The van der Waals surface area contributed by atoms with Crippen molar-refractivity contribution in [2.24, 2.45) is 5.73 Å². The zero-order valence-corrected chi connectivity index (χ0v) is 18.2. The number of hydrogen-bond donors (Lipinski definition) is 2. The Balaban J connectivity index is 1.52. The molecule has 3 aromatic heterocycles. The molecule has 0 atom stereocenters. The zero-order valence-electron chi connectivity index (χ0n) is 17.4. The third kappa shape index (κ3) is 3.63. The first-order chi connectivity index (χ1) is 15.5. The Bertz CT molecular complexity index is 1330. The smallest absolute Gasteiger partial charge is 0.276 e. The molecule has 0 fully saturated rings. The van der Waals surface area contributed by atoms with E-state index in [1.807, 2.05) is 30.3 Å². The topological polar surface area (TPSA) is 119 Å². The molecule has 0 bridgehead atoms. The lowest BCUT2D eigenvalue weighted by molar-refractivity contribution is 0.0993. The second-order valence-corrected chi connectivity index (χ2v) is 8.59. The molecule has 1 aliphatic heterocycles. The summed E-state index contributed by atoms with van der Waals surface area (Å²) in [6, 6.07) is 11.2. The van der Waals surface area contributed by atoms with Gasteiger partial charge >= 0.3 is 0 Å². The molecule has 5 rings (SSSR count). The number of hydrogen-bond acceptors (Lipinski definition) is 7. The number of nitrogens with one attached hydrogen (secondary N) is 1. The maximum Gasteiger partial charge on any atom is 0.276 e. The van der Waals surface area contributed by atoms with Gasteiger partial charge in [-0.2, -0.15) is 0 Å². The van der Waals surface area contributed by atoms with Crippen LogP contribution in [0.15, 0.2) is 42.7 Å². The Kier molecular flexibility index (Phi) is 5.16. The van der Waals surface area contributed by atoms with Crippen LogP contribution < -0.4 is 11.1 Å². The van der Waals surface area contributed by atoms with E-state index in [1.165, 1.54) is 22.5 Å². The van der Waals surface area contributed by atoms with Crippen molar-refractivity contribution in [1.82, 2.24) is 24.3 Å². The zero-order chi connectivity index (χ0) is 22.2. The molecular weight excluding hydrogens is 426 g/mol. The van der Waals surface area contributed by atoms with Crippen LogP contribution in [0.25, 0.3) is 16.9 Å². The SMILES string of the molecule is CCN1CCc2nc(NC(=O)c3cc(-c4ccccc4)n4cnc(C(N)=O)c4n3)sc2C1. The van der Waals surface area contributed by atoms with Gasteiger partial charge in [-0.25, -0.2) is 15.0 Å². The molecule has 0 radical (unpaired) electrons. The number of benzene rings is 1. The van der Waals surface area contributed by atoms with Gasteiger partial charge in [0, 0.05) is 24.4 Å². The van der Waals surface area contributed by atoms with Gasteiger partial charge in [0.05, 0.1) is 11.4 Å². The van der Waals surface area contributed by atoms with Crippen LogP contribution in [0.3, 0.4) is 0 Å². The van der Waals surface area contributed by atoms with Crippen LogP contribution in [0.1, 0.15) is 38.5 Å². The number of nitrogens with two attached hydrogens (primary N) is 1. The highest BCUT2D eigenvalue weighted by atomic mass is 32.1. The van der Waals surface area contributed by atoms with Gasteiger partial charge in [-0.05, 0) is 18.2 Å². The fraction of sp³-hybridized carbons (Fsp3) is 0.227. The average Bonchev–Trinajstić information content (AvgIpc) is 3.41. The minimum Gasteiger partial charge on any atom is -0.364 e. The van der Waals surface area contributed by atoms with Crippen LogP contribution >= 0.6 is 11.3 Å². The van der Waals surface area contributed by atoms with Crippen LogP contribution in [-0.4, -0.2) is 49.2 Å². The minimum atomic E-state index is -0.704. The maximum atomic E-state index is 13.1. The van der Waals surface area contributed by atoms with Gasteiger partial charge in [-0.15, -0.1) is 11.3 Å². The number of primary amides is 1. The molecule has 1 aromatic carbocycles. The fourth-order valence-electron chi connectivity index (χ4n) is 3.82. The highest BCUT2D eigenvalue weighted by Crippen LogP contribution is 2.29. The molecule has 0 spiro atoms. The molecule has 1 aliphatic rings. The number of likely N-dealkylation sites (N-methyl/N-ethyl adjacent to an activating group) is 1. The summed E-state index contributed by atoms with van der Waals surface area (Å²) in [5.41, 5.74) is 8.45. The summed E-state index contributed by atoms with van der Waals surface area (Å²) in [5.74, 6) is -1.11. The molecule has 4 heterocycles. The Morgan fingerprint density at radius 1 is 1.22 bits per heavy atom. The second kappa shape index (κ2) is 8.13. The van der Waals surface area contributed by atoms with E-state index in [-0.39, 0.29) is 17.0 Å². The molecule has 2 amide bonds. The van der Waals surface area contributed by atoms with Gasteiger partial charge in [-0.3, -0.25) is 24.2 Å². The number of amides is 2. The quantitative estimate of drug-likeness (QED) is 0.485. The molecule has 4 aromatic rings. The van der Waals surface area contributed by atoms with Crippen LogP contribution in [0.4, 0.5) is 5.13 Å². The Morgan fingerprint density at radius 3 is 2.78 bits per heavy atom. The molecule has 9 nitrogen and oxygen atoms in total. The van der Waals surface area contributed by atoms with Crippen molar-refractivity contribution in [1.29, 1.82) is 0 Å². The number of imidazole rings is 1. The summed E-state index contributed by atoms with van der Waals surface area (Å²) >= 11 is 1.49. The molecule has 10 heteroatoms. The highest BCUT2D eigenvalue weighted by Gasteiger charge is 2.22. The second-order valence-electron chi connectivity index (χ2n) is 7.51. The van der Waals surface area contributed by atoms with E-state index < -0.39 is 11.8 Å². The summed E-state index contributed by atoms with van der Waals surface area (Å²) in [6.07, 6.45) is 2.36. The molecular formula is C22H21N7O2S. The van der Waals surface area contributed by atoms with Crippen LogP contribution in [0, 0.1) is 0 Å². The molecule has 32 heavy (non-hydrogen) atoms. The van der Waals surface area contributed by atoms with Gasteiger partial charge in [-0.1, -0.05) is 37.3 Å². The maximum absolute atomic E-state index is 13.1. The number of anilines is 1. The molecule has 0 saturated heterocycles. The first-order valence-corrected chi connectivity index (χ1v) is 11.1. The monoisotopic (exact) mass is 447 g/mol. The Morgan fingerprint density at radius 2 is 2.03 bits per heavy atom. The van der Waals surface area contributed by atoms with Crippen molar-refractivity contribution in [2.75, 3.05) is 18.4 Å². The number of thiazole rings is 1. The number of carbonyl (C=O) groups excluding carboxylic acids is 2. The van der Waals surface area contributed by atoms with Crippen molar-refractivity contribution in [3.8, 4) is 11.3 Å². The van der Waals surface area contributed by atoms with E-state index in [0.29, 0.717) is 10.8 Å². The number of nitrogens with zero attached hydrogens (tertiary/aromatic N) is 5. The van der Waals surface area contributed by atoms with Crippen LogP contribution in [0.2, 0.25) is 0 Å². The summed E-state index contributed by atoms with van der Waals surface area (Å²) in [4.78, 5) is 41.6. The first-order valence-electron chi connectivity index (χ1n) is 10.3. The lowest BCUT2D eigenvalue weighted by atomic mass is 10.1. The lowest BCUT2D eigenvalue weighted by Crippen LogP contribution is -2.29. The first kappa shape index (κ1) is 20.3. The Labute approximate surface area is 187 Å². The summed E-state index contributed by atoms with van der Waals surface area (Å²) < 4.78 is 1.66. The van der Waals surface area contributed by atoms with E-state index in [9.17, 15) is 9.59 Å². The standard InChI is InChI=1S/C22H21N7O2S/c1-2-28-9-8-14-17(11-28)32-22(26-14)27-21(31)15-10-16(13-6-4-3-5-7-13)29-12-24-18(19(23)30)20(29)25-15/h3-7,10,12H,2,8-9,11H2,1H3,(H2,23,30)(H,26,27,31). The van der Waals surface area contributed by atoms with Gasteiger partial charge in [0.15, 0.2) is 16.5 Å². The largest absolute Gasteiger partial charge is 0.364 e. The van der Waals surface area contributed by atoms with Crippen molar-refractivity contribution in [2.45, 2.75) is 19.9 Å². The minimum absolute atomic E-state index is 0.0150. The van der Waals surface area contributed by atoms with Gasteiger partial charge in [0.25, 0.3) is 11.8 Å². The molecule has 0 unspecified atom stereocenters. The fourth-order valence-corrected chi connectivity index (χ4v) is 4.87. The predicted molar refractivity (Wildman–Crippen MR) is 122 cm³/mol. The van der Waals surface area contributed by atoms with Crippen molar-refractivity contribution in [3.63, 3.8) is 0 Å². The van der Waals surface area contributed by atoms with E-state index in [0.717, 1.165) is 37.3 Å². The summed E-state index contributed by atoms with van der Waals surface area (Å²) in [6.45, 7) is 4.94. The van der Waals surface area contributed by atoms with Gasteiger partial charge in [0.2, 0.25) is 0 Å². The third-order valence-corrected chi connectivity index (χ3v) is 6.51. The number of fused-ring (bicyclic) bond motifs is 2. The predicted octanol–water partition coefficient (Wildman–Crippen LogP) is 2.58. The molecule has 3 N–H and O–H groups in total. The number of aromatic nitrogens is 4. The third-order valence-electron chi connectivity index (χ3n) is 5.52. The summed E-state index contributed by atoms with van der Waals surface area (Å²) in [5, 5.41) is 3.42. The average molecular weight is 448 g/mol. The lowest BCUT2D eigenvalue weighted by Gasteiger charge is -2.23. The van der Waals surface area contributed by atoms with Crippen molar-refractivity contribution in [3.05, 3.63) is 64.7 Å². The van der Waals surface area contributed by atoms with Crippen LogP contribution in [-0.2, 0) is 13.0 Å². The van der Waals surface area contributed by atoms with E-state index in [1.54, 1.807) is 10.5 Å². The molecule has 0 aliphatic carbocycles. The van der Waals surface area contributed by atoms with Crippen molar-refractivity contribution >= 4 is 33.9 Å². The van der Waals surface area contributed by atoms with Crippen LogP contribution in [0.5, 0.6) is 0 Å². The number of rotatable bonds is 5. The summed E-state index contributed by atoms with van der Waals surface area (Å²) in [7, 11) is 0. The van der Waals surface area contributed by atoms with E-state index in [4.69, 9.17) is 5.73 Å². The van der Waals surface area contributed by atoms with Gasteiger partial charge in [0.1, 0.15) is 12.0 Å². The van der Waals surface area contributed by atoms with Gasteiger partial charge < -0.3 is 5.73 Å². The van der Waals surface area contributed by atoms with Crippen molar-refractivity contribution < 1.29 is 9.59 Å². The van der Waals surface area contributed by atoms with E-state index in [2.05, 4.69) is 32.1 Å². The Hall–Kier alpha value is -3.63. The van der Waals surface area contributed by atoms with E-state index >= 15 is 0 Å². The molecule has 0 saturated carbocycles. The highest BCUT2D eigenvalue weighted by molar-refractivity contribution is 7.15.